The number of methoxy groups -OCH3 is 1. The molecule has 0 aromatic heterocycles. The first-order valence-electron chi connectivity index (χ1n) is 10.5. The van der Waals surface area contributed by atoms with Gasteiger partial charge in [0.15, 0.2) is 5.96 Å². The normalized spacial score (nSPS) is 11.6. The van der Waals surface area contributed by atoms with E-state index >= 15 is 0 Å². The molecule has 0 aliphatic carbocycles. The fraction of sp³-hybridized carbons (Fsp3) is 0.636. The molecule has 0 radical (unpaired) electrons. The Kier molecular flexibility index (Phi) is 15.3. The second-order valence-electron chi connectivity index (χ2n) is 8.06. The van der Waals surface area contributed by atoms with Crippen LogP contribution in [0.25, 0.3) is 0 Å². The fourth-order valence-corrected chi connectivity index (χ4v) is 2.53. The van der Waals surface area contributed by atoms with E-state index in [9.17, 15) is 4.79 Å². The molecule has 9 heteroatoms. The van der Waals surface area contributed by atoms with E-state index < -0.39 is 11.7 Å². The maximum absolute atomic E-state index is 11.8. The molecular weight excluding hydrogens is 509 g/mol. The van der Waals surface area contributed by atoms with Gasteiger partial charge in [-0.2, -0.15) is 0 Å². The maximum Gasteiger partial charge on any atom is 0.412 e. The first-order chi connectivity index (χ1) is 14.2. The number of hydrogen-bond donors (Lipinski definition) is 3. The van der Waals surface area contributed by atoms with Gasteiger partial charge in [-0.3, -0.25) is 10.3 Å². The molecule has 1 aromatic carbocycles. The predicted molar refractivity (Wildman–Crippen MR) is 139 cm³/mol. The molecule has 0 fully saturated rings. The van der Waals surface area contributed by atoms with Gasteiger partial charge < -0.3 is 25.0 Å². The van der Waals surface area contributed by atoms with Crippen LogP contribution in [-0.2, 0) is 15.9 Å². The number of nitrogens with zero attached hydrogens (tertiary/aromatic N) is 2. The van der Waals surface area contributed by atoms with Crippen LogP contribution in [-0.4, -0.2) is 76.0 Å². The van der Waals surface area contributed by atoms with Gasteiger partial charge in [-0.05, 0) is 58.9 Å². The van der Waals surface area contributed by atoms with Crippen LogP contribution in [0.2, 0.25) is 0 Å². The van der Waals surface area contributed by atoms with E-state index in [1.807, 2.05) is 45.0 Å². The summed E-state index contributed by atoms with van der Waals surface area (Å²) in [6.07, 6.45) is 0.404. The Balaban J connectivity index is 0.00000900. The molecule has 1 aromatic rings. The Hall–Kier alpha value is -1.59. The van der Waals surface area contributed by atoms with Crippen molar-refractivity contribution in [1.29, 1.82) is 0 Å². The highest BCUT2D eigenvalue weighted by Gasteiger charge is 2.16. The number of anilines is 1. The lowest BCUT2D eigenvalue weighted by molar-refractivity contribution is 0.0636. The Morgan fingerprint density at radius 2 is 1.81 bits per heavy atom. The molecule has 0 spiro atoms. The van der Waals surface area contributed by atoms with Crippen LogP contribution in [0, 0.1) is 0 Å². The number of rotatable bonds is 11. The molecule has 0 unspecified atom stereocenters. The van der Waals surface area contributed by atoms with E-state index in [-0.39, 0.29) is 24.0 Å². The Morgan fingerprint density at radius 3 is 2.39 bits per heavy atom. The van der Waals surface area contributed by atoms with Crippen molar-refractivity contribution in [2.75, 3.05) is 58.8 Å². The molecular formula is C22H40IN5O3. The first-order valence-corrected chi connectivity index (χ1v) is 10.5. The molecule has 0 atom stereocenters. The summed E-state index contributed by atoms with van der Waals surface area (Å²) in [7, 11) is 3.78. The number of benzene rings is 1. The highest BCUT2D eigenvalue weighted by molar-refractivity contribution is 14.0. The number of hydrogen-bond acceptors (Lipinski definition) is 5. The van der Waals surface area contributed by atoms with Crippen molar-refractivity contribution >= 4 is 41.7 Å². The minimum absolute atomic E-state index is 0. The number of carbonyl (C=O) groups excluding carboxylic acids is 1. The van der Waals surface area contributed by atoms with Gasteiger partial charge in [-0.15, -0.1) is 24.0 Å². The third kappa shape index (κ3) is 14.9. The first kappa shape index (κ1) is 29.4. The summed E-state index contributed by atoms with van der Waals surface area (Å²) in [5.74, 6) is 0.820. The monoisotopic (exact) mass is 549 g/mol. The van der Waals surface area contributed by atoms with Crippen LogP contribution < -0.4 is 16.0 Å². The van der Waals surface area contributed by atoms with Crippen LogP contribution >= 0.6 is 24.0 Å². The minimum Gasteiger partial charge on any atom is -0.444 e. The Bertz CT molecular complexity index is 648. The van der Waals surface area contributed by atoms with E-state index in [0.717, 1.165) is 51.7 Å². The van der Waals surface area contributed by atoms with Gasteiger partial charge >= 0.3 is 6.09 Å². The number of carbonyl (C=O) groups is 1. The number of nitrogens with one attached hydrogen (secondary N) is 3. The average molecular weight is 549 g/mol. The van der Waals surface area contributed by atoms with E-state index in [0.29, 0.717) is 5.69 Å². The summed E-state index contributed by atoms with van der Waals surface area (Å²) in [5.41, 5.74) is 1.38. The molecule has 0 heterocycles. The van der Waals surface area contributed by atoms with Gasteiger partial charge in [0.1, 0.15) is 5.60 Å². The van der Waals surface area contributed by atoms with Crippen LogP contribution in [0.4, 0.5) is 10.5 Å². The van der Waals surface area contributed by atoms with Gasteiger partial charge in [0, 0.05) is 39.0 Å². The van der Waals surface area contributed by atoms with Crippen molar-refractivity contribution in [2.24, 2.45) is 4.99 Å². The molecule has 178 valence electrons. The molecule has 1 rings (SSSR count). The van der Waals surface area contributed by atoms with E-state index in [4.69, 9.17) is 9.47 Å². The fourth-order valence-electron chi connectivity index (χ4n) is 2.53. The number of ether oxygens (including phenoxy) is 2. The highest BCUT2D eigenvalue weighted by atomic mass is 127. The summed E-state index contributed by atoms with van der Waals surface area (Å²) in [6, 6.07) is 7.77. The maximum atomic E-state index is 11.8. The summed E-state index contributed by atoms with van der Waals surface area (Å²) >= 11 is 0. The van der Waals surface area contributed by atoms with Crippen molar-refractivity contribution in [2.45, 2.75) is 39.7 Å². The molecule has 1 amide bonds. The van der Waals surface area contributed by atoms with E-state index in [1.165, 1.54) is 5.56 Å². The number of aliphatic imine (C=N–C) groups is 1. The minimum atomic E-state index is -0.513. The molecule has 0 aliphatic rings. The van der Waals surface area contributed by atoms with Crippen molar-refractivity contribution in [3.63, 3.8) is 0 Å². The number of amides is 1. The third-order valence-corrected chi connectivity index (χ3v) is 4.08. The van der Waals surface area contributed by atoms with Crippen molar-refractivity contribution < 1.29 is 14.3 Å². The zero-order chi connectivity index (χ0) is 22.4. The van der Waals surface area contributed by atoms with Crippen molar-refractivity contribution in [1.82, 2.24) is 15.5 Å². The predicted octanol–water partition coefficient (Wildman–Crippen LogP) is 3.33. The van der Waals surface area contributed by atoms with Crippen LogP contribution in [0.3, 0.4) is 0 Å². The van der Waals surface area contributed by atoms with E-state index in [1.54, 1.807) is 7.11 Å². The molecule has 0 saturated heterocycles. The van der Waals surface area contributed by atoms with Crippen LogP contribution in [0.5, 0.6) is 0 Å². The summed E-state index contributed by atoms with van der Waals surface area (Å²) < 4.78 is 10.4. The second-order valence-corrected chi connectivity index (χ2v) is 8.06. The standard InChI is InChI=1S/C22H39N5O3.HI/c1-7-23-20(25-14-15-27(5)16-17-29-6)24-13-12-18-8-10-19(11-9-18)26-21(28)30-22(2,3)4;/h8-11H,7,12-17H2,1-6H3,(H,26,28)(H2,23,24,25);1H. The summed E-state index contributed by atoms with van der Waals surface area (Å²) in [5, 5.41) is 9.38. The van der Waals surface area contributed by atoms with Gasteiger partial charge in [0.2, 0.25) is 0 Å². The lowest BCUT2D eigenvalue weighted by Crippen LogP contribution is -2.39. The highest BCUT2D eigenvalue weighted by Crippen LogP contribution is 2.13. The quantitative estimate of drug-likeness (QED) is 0.223. The zero-order valence-corrected chi connectivity index (χ0v) is 22.1. The SMILES string of the molecule is CCNC(=NCCN(C)CCOC)NCCc1ccc(NC(=O)OC(C)(C)C)cc1.I. The lowest BCUT2D eigenvalue weighted by Gasteiger charge is -2.19. The largest absolute Gasteiger partial charge is 0.444 e. The average Bonchev–Trinajstić information content (AvgIpc) is 2.66. The van der Waals surface area contributed by atoms with E-state index in [2.05, 4.69) is 39.8 Å². The summed E-state index contributed by atoms with van der Waals surface area (Å²) in [4.78, 5) is 18.6. The number of guanidine groups is 1. The zero-order valence-electron chi connectivity index (χ0n) is 19.8. The molecule has 0 saturated carbocycles. The van der Waals surface area contributed by atoms with Crippen molar-refractivity contribution in [3.05, 3.63) is 29.8 Å². The van der Waals surface area contributed by atoms with Gasteiger partial charge in [0.05, 0.1) is 13.2 Å². The number of likely N-dealkylation sites (N-methyl/N-ethyl adjacent to an activating group) is 1. The lowest BCUT2D eigenvalue weighted by atomic mass is 10.1. The van der Waals surface area contributed by atoms with Gasteiger partial charge in [-0.1, -0.05) is 12.1 Å². The smallest absolute Gasteiger partial charge is 0.412 e. The molecule has 31 heavy (non-hydrogen) atoms. The molecule has 0 aliphatic heterocycles. The Morgan fingerprint density at radius 1 is 1.13 bits per heavy atom. The third-order valence-electron chi connectivity index (χ3n) is 4.08. The topological polar surface area (TPSA) is 87.2 Å². The van der Waals surface area contributed by atoms with Crippen LogP contribution in [0.1, 0.15) is 33.3 Å². The number of halogens is 1. The molecule has 0 bridgehead atoms. The van der Waals surface area contributed by atoms with Crippen molar-refractivity contribution in [3.8, 4) is 0 Å². The molecule has 3 N–H and O–H groups in total. The van der Waals surface area contributed by atoms with Gasteiger partial charge in [0.25, 0.3) is 0 Å². The molecule has 8 nitrogen and oxygen atoms in total. The van der Waals surface area contributed by atoms with Gasteiger partial charge in [-0.25, -0.2) is 4.79 Å². The van der Waals surface area contributed by atoms with Crippen LogP contribution in [0.15, 0.2) is 29.3 Å². The Labute approximate surface area is 204 Å². The second kappa shape index (κ2) is 16.1. The summed E-state index contributed by atoms with van der Waals surface area (Å²) in [6.45, 7) is 12.4.